The van der Waals surface area contributed by atoms with E-state index in [0.717, 1.165) is 5.56 Å². The Morgan fingerprint density at radius 2 is 1.92 bits per heavy atom. The monoisotopic (exact) mass is 159 g/mol. The van der Waals surface area contributed by atoms with E-state index in [1.54, 1.807) is 6.08 Å². The van der Waals surface area contributed by atoms with Gasteiger partial charge in [0.2, 0.25) is 5.78 Å². The van der Waals surface area contributed by atoms with Crippen LogP contribution in [-0.2, 0) is 9.59 Å². The molecule has 0 aromatic heterocycles. The molecule has 1 radical (unpaired) electrons. The van der Waals surface area contributed by atoms with Crippen LogP contribution >= 0.6 is 0 Å². The standard InChI is InChI=1S/C10H7O2/c11-8-10(12)7-6-9-4-2-1-3-5-9/h1-7H. The fourth-order valence-corrected chi connectivity index (χ4v) is 0.770. The van der Waals surface area contributed by atoms with Gasteiger partial charge in [-0.3, -0.25) is 9.59 Å². The fraction of sp³-hybridized carbons (Fsp3) is 0. The third kappa shape index (κ3) is 2.50. The number of allylic oxidation sites excluding steroid dienone is 1. The van der Waals surface area contributed by atoms with Gasteiger partial charge in [0.05, 0.1) is 0 Å². The minimum Gasteiger partial charge on any atom is -0.285 e. The molecule has 0 aliphatic carbocycles. The van der Waals surface area contributed by atoms with Crippen molar-refractivity contribution in [2.45, 2.75) is 0 Å². The molecule has 0 saturated heterocycles. The van der Waals surface area contributed by atoms with Crippen LogP contribution in [0.4, 0.5) is 0 Å². The Labute approximate surface area is 70.5 Å². The van der Waals surface area contributed by atoms with Crippen LogP contribution in [0.15, 0.2) is 36.4 Å². The van der Waals surface area contributed by atoms with E-state index in [9.17, 15) is 9.59 Å². The Hall–Kier alpha value is -1.70. The summed E-state index contributed by atoms with van der Waals surface area (Å²) < 4.78 is 0. The van der Waals surface area contributed by atoms with Gasteiger partial charge in [-0.2, -0.15) is 0 Å². The van der Waals surface area contributed by atoms with Crippen molar-refractivity contribution >= 4 is 18.1 Å². The minimum atomic E-state index is -0.640. The van der Waals surface area contributed by atoms with Crippen molar-refractivity contribution in [3.05, 3.63) is 42.0 Å². The van der Waals surface area contributed by atoms with Gasteiger partial charge in [-0.05, 0) is 11.6 Å². The Kier molecular flexibility index (Phi) is 2.96. The molecule has 0 heterocycles. The van der Waals surface area contributed by atoms with Gasteiger partial charge in [0.1, 0.15) is 0 Å². The minimum absolute atomic E-state index is 0.640. The van der Waals surface area contributed by atoms with Crippen molar-refractivity contribution < 1.29 is 9.59 Å². The average molecular weight is 159 g/mol. The highest BCUT2D eigenvalue weighted by Gasteiger charge is 1.91. The van der Waals surface area contributed by atoms with Gasteiger partial charge in [0.15, 0.2) is 0 Å². The molecular formula is C10H7O2. The molecule has 0 amide bonds. The van der Waals surface area contributed by atoms with Gasteiger partial charge in [0, 0.05) is 0 Å². The number of hydrogen-bond donors (Lipinski definition) is 0. The first-order valence-electron chi connectivity index (χ1n) is 3.48. The summed E-state index contributed by atoms with van der Waals surface area (Å²) in [5.41, 5.74) is 0.890. The van der Waals surface area contributed by atoms with Crippen molar-refractivity contribution in [3.8, 4) is 0 Å². The molecule has 0 aliphatic rings. The Bertz CT molecular complexity index is 299. The van der Waals surface area contributed by atoms with Crippen LogP contribution in [0.2, 0.25) is 0 Å². The van der Waals surface area contributed by atoms with Crippen molar-refractivity contribution in [1.82, 2.24) is 0 Å². The van der Waals surface area contributed by atoms with Crippen LogP contribution in [0.3, 0.4) is 0 Å². The zero-order valence-corrected chi connectivity index (χ0v) is 6.36. The first-order chi connectivity index (χ1) is 5.83. The van der Waals surface area contributed by atoms with Crippen LogP contribution in [0.25, 0.3) is 6.08 Å². The predicted octanol–water partition coefficient (Wildman–Crippen LogP) is 1.38. The molecule has 0 unspecified atom stereocenters. The number of hydrogen-bond acceptors (Lipinski definition) is 2. The Morgan fingerprint density at radius 3 is 2.50 bits per heavy atom. The summed E-state index contributed by atoms with van der Waals surface area (Å²) in [4.78, 5) is 20.3. The first-order valence-corrected chi connectivity index (χ1v) is 3.48. The molecule has 59 valence electrons. The van der Waals surface area contributed by atoms with Gasteiger partial charge in [-0.15, -0.1) is 0 Å². The smallest absolute Gasteiger partial charge is 0.276 e. The van der Waals surface area contributed by atoms with E-state index in [1.165, 1.54) is 12.4 Å². The third-order valence-corrected chi connectivity index (χ3v) is 1.33. The molecule has 0 bridgehead atoms. The van der Waals surface area contributed by atoms with Gasteiger partial charge in [-0.1, -0.05) is 36.4 Å². The molecule has 0 aliphatic heterocycles. The zero-order chi connectivity index (χ0) is 8.81. The largest absolute Gasteiger partial charge is 0.285 e. The highest BCUT2D eigenvalue weighted by Crippen LogP contribution is 2.00. The summed E-state index contributed by atoms with van der Waals surface area (Å²) >= 11 is 0. The number of rotatable bonds is 3. The van der Waals surface area contributed by atoms with Gasteiger partial charge in [-0.25, -0.2) is 0 Å². The number of carbonyl (C=O) groups is 1. The fourth-order valence-electron chi connectivity index (χ4n) is 0.770. The number of benzene rings is 1. The highest BCUT2D eigenvalue weighted by molar-refractivity contribution is 6.31. The molecular weight excluding hydrogens is 152 g/mol. The maximum atomic E-state index is 10.5. The van der Waals surface area contributed by atoms with E-state index in [4.69, 9.17) is 0 Å². The molecule has 12 heavy (non-hydrogen) atoms. The second-order valence-electron chi connectivity index (χ2n) is 2.21. The second-order valence-corrected chi connectivity index (χ2v) is 2.21. The quantitative estimate of drug-likeness (QED) is 0.493. The summed E-state index contributed by atoms with van der Waals surface area (Å²) in [6, 6.07) is 9.28. The zero-order valence-electron chi connectivity index (χ0n) is 6.36. The Balaban J connectivity index is 2.70. The maximum absolute atomic E-state index is 10.5. The number of carbonyl (C=O) groups excluding carboxylic acids is 2. The van der Waals surface area contributed by atoms with Gasteiger partial charge in [0.25, 0.3) is 6.29 Å². The molecule has 1 aromatic rings. The molecule has 0 spiro atoms. The summed E-state index contributed by atoms with van der Waals surface area (Å²) in [6.07, 6.45) is 4.03. The van der Waals surface area contributed by atoms with E-state index >= 15 is 0 Å². The van der Waals surface area contributed by atoms with E-state index in [-0.39, 0.29) is 0 Å². The van der Waals surface area contributed by atoms with Crippen molar-refractivity contribution in [2.75, 3.05) is 0 Å². The molecule has 1 aromatic carbocycles. The highest BCUT2D eigenvalue weighted by atomic mass is 16.2. The molecule has 2 nitrogen and oxygen atoms in total. The van der Waals surface area contributed by atoms with E-state index < -0.39 is 5.78 Å². The lowest BCUT2D eigenvalue weighted by molar-refractivity contribution is -0.108. The molecule has 0 saturated carbocycles. The summed E-state index contributed by atoms with van der Waals surface area (Å²) in [6.45, 7) is 0. The predicted molar refractivity (Wildman–Crippen MR) is 46.2 cm³/mol. The SMILES string of the molecule is O=[C]C(=O)C=Cc1ccccc1. The van der Waals surface area contributed by atoms with E-state index in [1.807, 2.05) is 30.3 Å². The lowest BCUT2D eigenvalue weighted by Crippen LogP contribution is -1.90. The molecule has 0 N–H and O–H groups in total. The average Bonchev–Trinajstić information content (AvgIpc) is 2.16. The number of ketones is 1. The summed E-state index contributed by atoms with van der Waals surface area (Å²) in [7, 11) is 0. The lowest BCUT2D eigenvalue weighted by atomic mass is 10.2. The molecule has 1 rings (SSSR count). The van der Waals surface area contributed by atoms with Crippen LogP contribution in [0.1, 0.15) is 5.56 Å². The molecule has 2 heteroatoms. The van der Waals surface area contributed by atoms with E-state index in [2.05, 4.69) is 0 Å². The van der Waals surface area contributed by atoms with Crippen LogP contribution in [0, 0.1) is 0 Å². The van der Waals surface area contributed by atoms with Crippen LogP contribution in [0.5, 0.6) is 0 Å². The van der Waals surface area contributed by atoms with Crippen LogP contribution < -0.4 is 0 Å². The van der Waals surface area contributed by atoms with Crippen LogP contribution in [-0.4, -0.2) is 12.1 Å². The third-order valence-electron chi connectivity index (χ3n) is 1.33. The van der Waals surface area contributed by atoms with Crippen molar-refractivity contribution in [2.24, 2.45) is 0 Å². The first kappa shape index (κ1) is 8.40. The maximum Gasteiger partial charge on any atom is 0.276 e. The second kappa shape index (κ2) is 4.23. The summed E-state index contributed by atoms with van der Waals surface area (Å²) in [5, 5.41) is 0. The van der Waals surface area contributed by atoms with Crippen molar-refractivity contribution in [1.29, 1.82) is 0 Å². The normalized spacial score (nSPS) is 10.0. The molecule has 0 fully saturated rings. The Morgan fingerprint density at radius 1 is 1.25 bits per heavy atom. The molecule has 0 atom stereocenters. The van der Waals surface area contributed by atoms with Crippen molar-refractivity contribution in [3.63, 3.8) is 0 Å². The lowest BCUT2D eigenvalue weighted by Gasteiger charge is -1.87. The topological polar surface area (TPSA) is 34.1 Å². The van der Waals surface area contributed by atoms with Gasteiger partial charge >= 0.3 is 0 Å². The summed E-state index contributed by atoms with van der Waals surface area (Å²) in [5.74, 6) is -0.640. The van der Waals surface area contributed by atoms with Gasteiger partial charge < -0.3 is 0 Å². The van der Waals surface area contributed by atoms with E-state index in [0.29, 0.717) is 0 Å².